The number of aromatic nitrogens is 1. The number of piperidine rings is 1. The highest BCUT2D eigenvalue weighted by Gasteiger charge is 2.35. The molecule has 1 N–H and O–H groups in total. The van der Waals surface area contributed by atoms with Crippen molar-refractivity contribution in [1.82, 2.24) is 15.2 Å². The van der Waals surface area contributed by atoms with Crippen LogP contribution in [-0.4, -0.2) is 63.2 Å². The SMILES string of the molecule is C=Cc1c(N2CCC(C3=CC=C(N4CCNCC4)CC3(C)C)CC2)cc(C)nc1N(C)C. The molecule has 174 valence electrons. The summed E-state index contributed by atoms with van der Waals surface area (Å²) in [6.07, 6.45) is 10.4. The molecule has 1 aromatic rings. The molecule has 0 atom stereocenters. The van der Waals surface area contributed by atoms with E-state index in [1.54, 1.807) is 5.57 Å². The summed E-state index contributed by atoms with van der Waals surface area (Å²) in [4.78, 5) is 12.0. The van der Waals surface area contributed by atoms with Crippen molar-refractivity contribution >= 4 is 17.6 Å². The van der Waals surface area contributed by atoms with Crippen molar-refractivity contribution in [2.24, 2.45) is 11.3 Å². The quantitative estimate of drug-likeness (QED) is 0.739. The predicted molar refractivity (Wildman–Crippen MR) is 137 cm³/mol. The largest absolute Gasteiger partial charge is 0.372 e. The molecule has 3 aliphatic rings. The van der Waals surface area contributed by atoms with Gasteiger partial charge in [0.1, 0.15) is 5.82 Å². The fourth-order valence-corrected chi connectivity index (χ4v) is 5.76. The zero-order valence-electron chi connectivity index (χ0n) is 20.7. The topological polar surface area (TPSA) is 34.6 Å². The molecule has 0 spiro atoms. The number of anilines is 2. The Morgan fingerprint density at radius 2 is 1.78 bits per heavy atom. The maximum absolute atomic E-state index is 4.76. The Morgan fingerprint density at radius 1 is 1.09 bits per heavy atom. The van der Waals surface area contributed by atoms with Crippen molar-refractivity contribution in [2.45, 2.75) is 40.0 Å². The molecule has 4 rings (SSSR count). The summed E-state index contributed by atoms with van der Waals surface area (Å²) in [6.45, 7) is 17.7. The van der Waals surface area contributed by atoms with E-state index < -0.39 is 0 Å². The first-order valence-corrected chi connectivity index (χ1v) is 12.2. The standard InChI is InChI=1S/C27H41N5/c1-7-23-25(18-20(2)29-26(23)30(5)6)32-14-10-21(11-15-32)24-9-8-22(19-27(24,3)4)31-16-12-28-13-17-31/h7-9,18,21,28H,1,10-17,19H2,2-6H3. The first kappa shape index (κ1) is 22.9. The van der Waals surface area contributed by atoms with Crippen LogP contribution >= 0.6 is 0 Å². The van der Waals surface area contributed by atoms with E-state index in [0.717, 1.165) is 62.8 Å². The summed E-state index contributed by atoms with van der Waals surface area (Å²) in [5.41, 5.74) is 6.92. The highest BCUT2D eigenvalue weighted by atomic mass is 15.2. The van der Waals surface area contributed by atoms with Gasteiger partial charge in [-0.05, 0) is 49.7 Å². The van der Waals surface area contributed by atoms with Crippen LogP contribution in [0.1, 0.15) is 44.4 Å². The van der Waals surface area contributed by atoms with E-state index in [9.17, 15) is 0 Å². The number of hydrogen-bond acceptors (Lipinski definition) is 5. The van der Waals surface area contributed by atoms with Crippen LogP contribution in [0.2, 0.25) is 0 Å². The second kappa shape index (κ2) is 9.30. The van der Waals surface area contributed by atoms with Gasteiger partial charge in [0.2, 0.25) is 0 Å². The molecule has 0 radical (unpaired) electrons. The molecule has 1 aliphatic carbocycles. The number of pyridine rings is 1. The van der Waals surface area contributed by atoms with Crippen molar-refractivity contribution in [2.75, 3.05) is 63.2 Å². The first-order valence-electron chi connectivity index (χ1n) is 12.2. The summed E-state index contributed by atoms with van der Waals surface area (Å²) in [6, 6.07) is 2.23. The van der Waals surface area contributed by atoms with Crippen molar-refractivity contribution in [1.29, 1.82) is 0 Å². The Kier molecular flexibility index (Phi) is 6.66. The molecular formula is C27H41N5. The molecule has 5 nitrogen and oxygen atoms in total. The van der Waals surface area contributed by atoms with Gasteiger partial charge < -0.3 is 20.0 Å². The van der Waals surface area contributed by atoms with Gasteiger partial charge in [-0.2, -0.15) is 0 Å². The van der Waals surface area contributed by atoms with Crippen molar-refractivity contribution < 1.29 is 0 Å². The number of aryl methyl sites for hydroxylation is 1. The van der Waals surface area contributed by atoms with Crippen molar-refractivity contribution in [3.8, 4) is 0 Å². The van der Waals surface area contributed by atoms with E-state index in [4.69, 9.17) is 4.98 Å². The van der Waals surface area contributed by atoms with E-state index in [1.807, 2.05) is 6.08 Å². The van der Waals surface area contributed by atoms with Gasteiger partial charge in [-0.3, -0.25) is 0 Å². The van der Waals surface area contributed by atoms with Crippen LogP contribution in [0.4, 0.5) is 11.5 Å². The van der Waals surface area contributed by atoms with Gasteiger partial charge in [-0.25, -0.2) is 4.98 Å². The lowest BCUT2D eigenvalue weighted by atomic mass is 9.69. The number of piperazine rings is 1. The van der Waals surface area contributed by atoms with Crippen LogP contribution in [0, 0.1) is 18.3 Å². The van der Waals surface area contributed by atoms with Crippen molar-refractivity contribution in [3.05, 3.63) is 47.3 Å². The Morgan fingerprint density at radius 3 is 2.38 bits per heavy atom. The molecule has 0 unspecified atom stereocenters. The van der Waals surface area contributed by atoms with E-state index >= 15 is 0 Å². The first-order chi connectivity index (χ1) is 15.3. The van der Waals surface area contributed by atoms with Gasteiger partial charge in [0.15, 0.2) is 0 Å². The van der Waals surface area contributed by atoms with Crippen LogP contribution in [-0.2, 0) is 0 Å². The third kappa shape index (κ3) is 4.59. The van der Waals surface area contributed by atoms with Crippen LogP contribution < -0.4 is 15.1 Å². The minimum Gasteiger partial charge on any atom is -0.372 e. The summed E-state index contributed by atoms with van der Waals surface area (Å²) >= 11 is 0. The summed E-state index contributed by atoms with van der Waals surface area (Å²) in [5.74, 6) is 1.68. The Hall–Kier alpha value is -2.27. The average molecular weight is 436 g/mol. The second-order valence-corrected chi connectivity index (χ2v) is 10.5. The van der Waals surface area contributed by atoms with Gasteiger partial charge in [-0.1, -0.05) is 38.2 Å². The molecular weight excluding hydrogens is 394 g/mol. The van der Waals surface area contributed by atoms with Crippen LogP contribution in [0.15, 0.2) is 36.1 Å². The lowest BCUT2D eigenvalue weighted by molar-refractivity contribution is 0.251. The number of nitrogens with zero attached hydrogens (tertiary/aromatic N) is 4. The second-order valence-electron chi connectivity index (χ2n) is 10.5. The van der Waals surface area contributed by atoms with Crippen LogP contribution in [0.3, 0.4) is 0 Å². The highest BCUT2D eigenvalue weighted by Crippen LogP contribution is 2.45. The number of rotatable bonds is 5. The number of allylic oxidation sites excluding steroid dienone is 4. The Balaban J connectivity index is 1.50. The Bertz CT molecular complexity index is 897. The maximum atomic E-state index is 4.76. The van der Waals surface area contributed by atoms with E-state index in [2.05, 4.69) is 79.7 Å². The minimum atomic E-state index is 0.236. The fraction of sp³-hybridized carbons (Fsp3) is 0.593. The molecule has 32 heavy (non-hydrogen) atoms. The lowest BCUT2D eigenvalue weighted by Crippen LogP contribution is -2.44. The monoisotopic (exact) mass is 435 g/mol. The van der Waals surface area contributed by atoms with Crippen LogP contribution in [0.5, 0.6) is 0 Å². The van der Waals surface area contributed by atoms with E-state index in [-0.39, 0.29) is 5.41 Å². The van der Waals surface area contributed by atoms with Gasteiger partial charge in [0.25, 0.3) is 0 Å². The molecule has 0 saturated carbocycles. The number of hydrogen-bond donors (Lipinski definition) is 1. The third-order valence-corrected chi connectivity index (χ3v) is 7.43. The van der Waals surface area contributed by atoms with Gasteiger partial charge in [0, 0.05) is 76.0 Å². The zero-order valence-corrected chi connectivity index (χ0v) is 20.7. The molecule has 1 aromatic heterocycles. The maximum Gasteiger partial charge on any atom is 0.137 e. The molecule has 2 saturated heterocycles. The molecule has 2 aliphatic heterocycles. The average Bonchev–Trinajstić information content (AvgIpc) is 2.78. The summed E-state index contributed by atoms with van der Waals surface area (Å²) < 4.78 is 0. The Labute approximate surface area is 194 Å². The molecule has 0 amide bonds. The molecule has 3 heterocycles. The minimum absolute atomic E-state index is 0.236. The predicted octanol–water partition coefficient (Wildman–Crippen LogP) is 4.46. The molecule has 5 heteroatoms. The molecule has 0 bridgehead atoms. The summed E-state index contributed by atoms with van der Waals surface area (Å²) in [5, 5.41) is 3.47. The number of nitrogens with one attached hydrogen (secondary N) is 1. The van der Waals surface area contributed by atoms with Crippen LogP contribution in [0.25, 0.3) is 6.08 Å². The normalized spacial score (nSPS) is 21.8. The van der Waals surface area contributed by atoms with E-state index in [0.29, 0.717) is 5.92 Å². The van der Waals surface area contributed by atoms with Gasteiger partial charge in [-0.15, -0.1) is 0 Å². The third-order valence-electron chi connectivity index (χ3n) is 7.43. The van der Waals surface area contributed by atoms with Crippen molar-refractivity contribution in [3.63, 3.8) is 0 Å². The van der Waals surface area contributed by atoms with Gasteiger partial charge >= 0.3 is 0 Å². The van der Waals surface area contributed by atoms with Gasteiger partial charge in [0.05, 0.1) is 0 Å². The summed E-state index contributed by atoms with van der Waals surface area (Å²) in [7, 11) is 4.12. The molecule has 2 fully saturated rings. The molecule has 0 aromatic carbocycles. The zero-order chi connectivity index (χ0) is 22.9. The fourth-order valence-electron chi connectivity index (χ4n) is 5.76. The smallest absolute Gasteiger partial charge is 0.137 e. The highest BCUT2D eigenvalue weighted by molar-refractivity contribution is 5.76. The van der Waals surface area contributed by atoms with E-state index in [1.165, 1.54) is 24.2 Å². The lowest BCUT2D eigenvalue weighted by Gasteiger charge is -2.44.